The summed E-state index contributed by atoms with van der Waals surface area (Å²) in [6.45, 7) is 0.102. The summed E-state index contributed by atoms with van der Waals surface area (Å²) in [5, 5.41) is 13.0. The second-order valence-corrected chi connectivity index (χ2v) is 7.89. The van der Waals surface area contributed by atoms with E-state index >= 15 is 0 Å². The van der Waals surface area contributed by atoms with E-state index in [9.17, 15) is 23.9 Å². The van der Waals surface area contributed by atoms with Crippen molar-refractivity contribution in [1.82, 2.24) is 14.8 Å². The molecule has 9 heteroatoms. The molecule has 2 N–H and O–H groups in total. The van der Waals surface area contributed by atoms with Crippen LogP contribution in [0.4, 0.5) is 4.39 Å². The van der Waals surface area contributed by atoms with E-state index in [0.717, 1.165) is 19.3 Å². The molecule has 2 bridgehead atoms. The standard InChI is InChI=1S/C21H20FN3O5/c22-15-4-2-1-3-11(15)8-23-20(28)14-9-24-10-16-25(12-5-6-13(7-12)30-16)21(29)17(24)19(27)18(14)26/h1-4,9,12-13,16,27H,5-8,10H2,(H,23,28)/t12-,13+,16+/m1/s1. The Morgan fingerprint density at radius 2 is 2.07 bits per heavy atom. The molecule has 0 unspecified atom stereocenters. The SMILES string of the molecule is O=C(NCc1ccccc1F)c1cn2c(c(O)c1=O)C(=O)N1[C@@H]3CC[C@@H](C3)O[C@H]1C2. The van der Waals surface area contributed by atoms with Crippen molar-refractivity contribution >= 4 is 11.8 Å². The largest absolute Gasteiger partial charge is 0.503 e. The summed E-state index contributed by atoms with van der Waals surface area (Å²) in [5.41, 5.74) is -1.10. The number of aromatic nitrogens is 1. The lowest BCUT2D eigenvalue weighted by molar-refractivity contribution is -0.132. The highest BCUT2D eigenvalue weighted by Crippen LogP contribution is 2.38. The smallest absolute Gasteiger partial charge is 0.276 e. The number of benzene rings is 1. The molecule has 30 heavy (non-hydrogen) atoms. The second kappa shape index (κ2) is 6.94. The van der Waals surface area contributed by atoms with Crippen LogP contribution >= 0.6 is 0 Å². The lowest BCUT2D eigenvalue weighted by Crippen LogP contribution is -2.57. The van der Waals surface area contributed by atoms with Crippen molar-refractivity contribution in [3.63, 3.8) is 0 Å². The van der Waals surface area contributed by atoms with E-state index in [1.54, 1.807) is 11.0 Å². The zero-order chi connectivity index (χ0) is 21.0. The molecule has 1 aliphatic carbocycles. The summed E-state index contributed by atoms with van der Waals surface area (Å²) in [7, 11) is 0. The lowest BCUT2D eigenvalue weighted by Gasteiger charge is -2.44. The molecule has 2 fully saturated rings. The number of pyridine rings is 1. The van der Waals surface area contributed by atoms with Gasteiger partial charge in [-0.1, -0.05) is 18.2 Å². The Morgan fingerprint density at radius 3 is 2.87 bits per heavy atom. The molecule has 3 aliphatic rings. The van der Waals surface area contributed by atoms with Crippen molar-refractivity contribution < 1.29 is 23.8 Å². The second-order valence-electron chi connectivity index (χ2n) is 7.89. The molecule has 0 spiro atoms. The van der Waals surface area contributed by atoms with E-state index in [1.807, 2.05) is 0 Å². The molecule has 3 heterocycles. The normalized spacial score (nSPS) is 24.4. The molecule has 2 aromatic rings. The third kappa shape index (κ3) is 2.88. The van der Waals surface area contributed by atoms with E-state index in [-0.39, 0.29) is 42.1 Å². The molecule has 2 aliphatic heterocycles. The van der Waals surface area contributed by atoms with Gasteiger partial charge in [0, 0.05) is 24.3 Å². The van der Waals surface area contributed by atoms with Gasteiger partial charge in [0.2, 0.25) is 5.43 Å². The number of nitrogens with zero attached hydrogens (tertiary/aromatic N) is 2. The highest BCUT2D eigenvalue weighted by molar-refractivity contribution is 5.99. The zero-order valence-corrected chi connectivity index (χ0v) is 16.0. The summed E-state index contributed by atoms with van der Waals surface area (Å²) < 4.78 is 21.2. The van der Waals surface area contributed by atoms with E-state index in [2.05, 4.69) is 5.32 Å². The fraction of sp³-hybridized carbons (Fsp3) is 0.381. The number of aromatic hydroxyl groups is 1. The third-order valence-electron chi connectivity index (χ3n) is 6.10. The van der Waals surface area contributed by atoms with Gasteiger partial charge in [-0.15, -0.1) is 0 Å². The number of hydrogen-bond acceptors (Lipinski definition) is 5. The molecule has 156 valence electrons. The first-order valence-corrected chi connectivity index (χ1v) is 9.90. The molecule has 2 amide bonds. The Bertz CT molecular complexity index is 1110. The van der Waals surface area contributed by atoms with Gasteiger partial charge in [0.1, 0.15) is 11.4 Å². The summed E-state index contributed by atoms with van der Waals surface area (Å²) in [4.78, 5) is 39.8. The number of fused-ring (bicyclic) bond motifs is 5. The number of amides is 2. The molecular formula is C21H20FN3O5. The molecule has 5 rings (SSSR count). The Labute approximate surface area is 170 Å². The maximum absolute atomic E-state index is 13.8. The van der Waals surface area contributed by atoms with E-state index < -0.39 is 35.0 Å². The van der Waals surface area contributed by atoms with Crippen LogP contribution in [-0.4, -0.2) is 44.8 Å². The molecular weight excluding hydrogens is 393 g/mol. The first kappa shape index (κ1) is 18.8. The van der Waals surface area contributed by atoms with Crippen LogP contribution in [0.3, 0.4) is 0 Å². The van der Waals surface area contributed by atoms with Crippen molar-refractivity contribution in [1.29, 1.82) is 0 Å². The van der Waals surface area contributed by atoms with Gasteiger partial charge in [0.25, 0.3) is 11.8 Å². The van der Waals surface area contributed by atoms with Gasteiger partial charge in [-0.05, 0) is 25.3 Å². The predicted molar refractivity (Wildman–Crippen MR) is 102 cm³/mol. The quantitative estimate of drug-likeness (QED) is 0.791. The van der Waals surface area contributed by atoms with Gasteiger partial charge in [0.05, 0.1) is 12.6 Å². The van der Waals surface area contributed by atoms with Crippen LogP contribution in [0.2, 0.25) is 0 Å². The Kier molecular flexibility index (Phi) is 4.35. The molecule has 1 aromatic carbocycles. The third-order valence-corrected chi connectivity index (χ3v) is 6.10. The van der Waals surface area contributed by atoms with Crippen LogP contribution in [0.25, 0.3) is 0 Å². The van der Waals surface area contributed by atoms with Gasteiger partial charge in [-0.2, -0.15) is 0 Å². The fourth-order valence-electron chi connectivity index (χ4n) is 4.63. The minimum atomic E-state index is -0.929. The zero-order valence-electron chi connectivity index (χ0n) is 16.0. The minimum Gasteiger partial charge on any atom is -0.503 e. The fourth-order valence-corrected chi connectivity index (χ4v) is 4.63. The molecule has 8 nitrogen and oxygen atoms in total. The lowest BCUT2D eigenvalue weighted by atomic mass is 10.1. The van der Waals surface area contributed by atoms with Gasteiger partial charge in [0.15, 0.2) is 17.7 Å². The molecule has 1 saturated heterocycles. The predicted octanol–water partition coefficient (Wildman–Crippen LogP) is 1.36. The summed E-state index contributed by atoms with van der Waals surface area (Å²) in [6, 6.07) is 6.01. The topological polar surface area (TPSA) is 101 Å². The molecule has 0 radical (unpaired) electrons. The summed E-state index contributed by atoms with van der Waals surface area (Å²) in [6.07, 6.45) is 3.32. The van der Waals surface area contributed by atoms with E-state index in [1.165, 1.54) is 29.0 Å². The molecule has 1 saturated carbocycles. The Balaban J connectivity index is 1.45. The number of ether oxygens (including phenoxy) is 1. The first-order valence-electron chi connectivity index (χ1n) is 9.90. The van der Waals surface area contributed by atoms with Crippen molar-refractivity contribution in [3.8, 4) is 5.75 Å². The van der Waals surface area contributed by atoms with Crippen molar-refractivity contribution in [3.05, 3.63) is 63.3 Å². The monoisotopic (exact) mass is 413 g/mol. The van der Waals surface area contributed by atoms with Crippen LogP contribution in [-0.2, 0) is 17.8 Å². The van der Waals surface area contributed by atoms with Gasteiger partial charge in [-0.3, -0.25) is 14.4 Å². The highest BCUT2D eigenvalue weighted by Gasteiger charge is 2.47. The van der Waals surface area contributed by atoms with Crippen LogP contribution < -0.4 is 10.7 Å². The van der Waals surface area contributed by atoms with Crippen LogP contribution in [0.1, 0.15) is 45.7 Å². The van der Waals surface area contributed by atoms with E-state index in [0.29, 0.717) is 0 Å². The van der Waals surface area contributed by atoms with Crippen molar-refractivity contribution in [2.45, 2.75) is 50.7 Å². The number of carbonyl (C=O) groups excluding carboxylic acids is 2. The van der Waals surface area contributed by atoms with Crippen LogP contribution in [0.5, 0.6) is 5.75 Å². The maximum Gasteiger partial charge on any atom is 0.276 e. The Hall–Kier alpha value is -3.20. The number of carbonyl (C=O) groups is 2. The average molecular weight is 413 g/mol. The minimum absolute atomic E-state index is 0.0354. The maximum atomic E-state index is 13.8. The highest BCUT2D eigenvalue weighted by atomic mass is 19.1. The summed E-state index contributed by atoms with van der Waals surface area (Å²) in [5.74, 6) is -2.45. The van der Waals surface area contributed by atoms with Gasteiger partial charge < -0.3 is 24.6 Å². The van der Waals surface area contributed by atoms with Crippen molar-refractivity contribution in [2.75, 3.05) is 0 Å². The Morgan fingerprint density at radius 1 is 1.27 bits per heavy atom. The molecule has 3 atom stereocenters. The number of rotatable bonds is 3. The van der Waals surface area contributed by atoms with Gasteiger partial charge in [-0.25, -0.2) is 4.39 Å². The average Bonchev–Trinajstić information content (AvgIpc) is 3.10. The summed E-state index contributed by atoms with van der Waals surface area (Å²) >= 11 is 0. The van der Waals surface area contributed by atoms with E-state index in [4.69, 9.17) is 4.74 Å². The van der Waals surface area contributed by atoms with Crippen LogP contribution in [0, 0.1) is 5.82 Å². The molecule has 1 aromatic heterocycles. The number of nitrogens with one attached hydrogen (secondary N) is 1. The van der Waals surface area contributed by atoms with Crippen molar-refractivity contribution in [2.24, 2.45) is 0 Å². The van der Waals surface area contributed by atoms with Crippen LogP contribution in [0.15, 0.2) is 35.3 Å². The van der Waals surface area contributed by atoms with Gasteiger partial charge >= 0.3 is 0 Å². The number of halogens is 1. The number of hydrogen-bond donors (Lipinski definition) is 2. The first-order chi connectivity index (χ1) is 14.4.